The van der Waals surface area contributed by atoms with Gasteiger partial charge in [0.25, 0.3) is 0 Å². The van der Waals surface area contributed by atoms with E-state index in [1.807, 2.05) is 6.07 Å². The maximum atomic E-state index is 15.3. The zero-order valence-corrected chi connectivity index (χ0v) is 24.8. The first-order chi connectivity index (χ1) is 20.6. The maximum Gasteiger partial charge on any atom is 0.162 e. The van der Waals surface area contributed by atoms with E-state index in [-0.39, 0.29) is 36.1 Å². The topological polar surface area (TPSA) is 77.2 Å². The van der Waals surface area contributed by atoms with E-state index in [4.69, 9.17) is 11.1 Å². The molecule has 226 valence electrons. The Bertz CT molecular complexity index is 1500. The average molecular weight is 588 g/mol. The van der Waals surface area contributed by atoms with Crippen LogP contribution < -0.4 is 16.4 Å². The number of nitrogens with two attached hydrogens (primary N) is 1. The van der Waals surface area contributed by atoms with Crippen molar-refractivity contribution in [3.05, 3.63) is 124 Å². The van der Waals surface area contributed by atoms with Gasteiger partial charge in [0.1, 0.15) is 11.6 Å². The Kier molecular flexibility index (Phi) is 10.5. The van der Waals surface area contributed by atoms with Crippen molar-refractivity contribution in [1.82, 2.24) is 4.90 Å². The summed E-state index contributed by atoms with van der Waals surface area (Å²) in [6.07, 6.45) is 4.92. The second-order valence-electron chi connectivity index (χ2n) is 11.2. The minimum atomic E-state index is -0.872. The molecular weight excluding hydrogens is 547 g/mol. The molecule has 3 aromatic carbocycles. The number of nitrogens with zero attached hydrogens (tertiary/aromatic N) is 1. The number of hydrogen-bond donors (Lipinski definition) is 4. The largest absolute Gasteiger partial charge is 0.385 e. The van der Waals surface area contributed by atoms with Gasteiger partial charge in [0, 0.05) is 42.2 Å². The molecule has 0 saturated carbocycles. The van der Waals surface area contributed by atoms with Crippen LogP contribution in [0.3, 0.4) is 0 Å². The molecule has 0 aliphatic carbocycles. The Morgan fingerprint density at radius 2 is 1.77 bits per heavy atom. The number of piperidine rings is 1. The van der Waals surface area contributed by atoms with Crippen LogP contribution in [0.5, 0.6) is 0 Å². The first-order valence-electron chi connectivity index (χ1n) is 14.5. The normalized spacial score (nSPS) is 14.7. The predicted molar refractivity (Wildman–Crippen MR) is 172 cm³/mol. The fraction of sp³-hybridized carbons (Fsp3) is 0.286. The first kappa shape index (κ1) is 31.6. The predicted octanol–water partition coefficient (Wildman–Crippen LogP) is 7.83. The van der Waals surface area contributed by atoms with Crippen molar-refractivity contribution in [2.75, 3.05) is 30.3 Å². The molecule has 0 aromatic heterocycles. The molecule has 1 heterocycles. The molecule has 43 heavy (non-hydrogen) atoms. The van der Waals surface area contributed by atoms with Gasteiger partial charge >= 0.3 is 0 Å². The smallest absolute Gasteiger partial charge is 0.162 e. The molecule has 0 spiro atoms. The van der Waals surface area contributed by atoms with Crippen molar-refractivity contribution in [2.45, 2.75) is 45.1 Å². The molecule has 5 nitrogen and oxygen atoms in total. The third kappa shape index (κ3) is 7.76. The SMILES string of the molecule is C=Cc1cc(C2CCN(C(C)C)CC2)c(F)cc1NCC(=C)/C(C=N)=C(\N)Nc1ccc(Cc2cccc(F)c2F)cc1. The molecule has 1 fully saturated rings. The minimum absolute atomic E-state index is 0.174. The summed E-state index contributed by atoms with van der Waals surface area (Å²) >= 11 is 0. The van der Waals surface area contributed by atoms with E-state index in [0.29, 0.717) is 28.6 Å². The summed E-state index contributed by atoms with van der Waals surface area (Å²) in [6.45, 7) is 14.5. The zero-order chi connectivity index (χ0) is 31.1. The molecule has 0 radical (unpaired) electrons. The van der Waals surface area contributed by atoms with Crippen LogP contribution in [-0.4, -0.2) is 36.8 Å². The number of halogens is 3. The van der Waals surface area contributed by atoms with Crippen LogP contribution in [0.2, 0.25) is 0 Å². The van der Waals surface area contributed by atoms with Crippen molar-refractivity contribution < 1.29 is 13.2 Å². The minimum Gasteiger partial charge on any atom is -0.385 e. The van der Waals surface area contributed by atoms with Crippen molar-refractivity contribution >= 4 is 23.7 Å². The molecule has 1 saturated heterocycles. The highest BCUT2D eigenvalue weighted by Gasteiger charge is 2.25. The second kappa shape index (κ2) is 14.2. The molecule has 1 aliphatic rings. The van der Waals surface area contributed by atoms with Crippen LogP contribution in [0.25, 0.3) is 6.08 Å². The number of rotatable bonds is 12. The van der Waals surface area contributed by atoms with E-state index in [2.05, 4.69) is 42.5 Å². The Hall–Kier alpha value is -4.30. The number of likely N-dealkylation sites (tertiary alicyclic amines) is 1. The molecule has 5 N–H and O–H groups in total. The average Bonchev–Trinajstić information content (AvgIpc) is 2.99. The van der Waals surface area contributed by atoms with Gasteiger partial charge in [-0.1, -0.05) is 43.5 Å². The summed E-state index contributed by atoms with van der Waals surface area (Å²) in [5.74, 6) is -1.56. The van der Waals surface area contributed by atoms with E-state index in [0.717, 1.165) is 54.9 Å². The fourth-order valence-corrected chi connectivity index (χ4v) is 5.47. The molecule has 0 unspecified atom stereocenters. The lowest BCUT2D eigenvalue weighted by atomic mass is 9.87. The molecule has 1 aliphatic heterocycles. The summed E-state index contributed by atoms with van der Waals surface area (Å²) in [5.41, 5.74) is 11.1. The summed E-state index contributed by atoms with van der Waals surface area (Å²) in [4.78, 5) is 2.42. The van der Waals surface area contributed by atoms with Gasteiger partial charge in [0.05, 0.1) is 0 Å². The van der Waals surface area contributed by atoms with E-state index in [1.54, 1.807) is 36.4 Å². The van der Waals surface area contributed by atoms with Gasteiger partial charge in [0.2, 0.25) is 0 Å². The highest BCUT2D eigenvalue weighted by molar-refractivity contribution is 5.84. The van der Waals surface area contributed by atoms with Crippen molar-refractivity contribution in [1.29, 1.82) is 5.41 Å². The highest BCUT2D eigenvalue weighted by Crippen LogP contribution is 2.34. The Balaban J connectivity index is 1.40. The summed E-state index contributed by atoms with van der Waals surface area (Å²) in [6, 6.07) is 15.2. The second-order valence-corrected chi connectivity index (χ2v) is 11.2. The lowest BCUT2D eigenvalue weighted by Crippen LogP contribution is -2.38. The van der Waals surface area contributed by atoms with Gasteiger partial charge in [-0.15, -0.1) is 0 Å². The molecule has 0 atom stereocenters. The van der Waals surface area contributed by atoms with Crippen molar-refractivity contribution in [2.24, 2.45) is 5.73 Å². The van der Waals surface area contributed by atoms with Crippen molar-refractivity contribution in [3.8, 4) is 0 Å². The standard InChI is InChI=1S/C35H40F3N5/c1-5-25-18-29(26-13-15-43(16-14-26)22(2)3)32(37)19-33(25)41-21-23(4)30(20-39)35(40)42-28-11-9-24(10-12-28)17-27-7-6-8-31(36)34(27)38/h5-12,18-20,22,26,39,41-42H,1,4,13-17,21,40H2,2-3H3/b35-30+,39-20?. The highest BCUT2D eigenvalue weighted by atomic mass is 19.2. The third-order valence-electron chi connectivity index (χ3n) is 8.06. The Morgan fingerprint density at radius 1 is 1.07 bits per heavy atom. The van der Waals surface area contributed by atoms with Gasteiger partial charge < -0.3 is 26.7 Å². The monoisotopic (exact) mass is 587 g/mol. The fourth-order valence-electron chi connectivity index (χ4n) is 5.47. The molecule has 3 aromatic rings. The molecular formula is C35H40F3N5. The molecule has 0 bridgehead atoms. The van der Waals surface area contributed by atoms with Gasteiger partial charge in [0.15, 0.2) is 11.6 Å². The van der Waals surface area contributed by atoms with Crippen LogP contribution in [-0.2, 0) is 6.42 Å². The number of anilines is 2. The number of benzene rings is 3. The van der Waals surface area contributed by atoms with E-state index >= 15 is 4.39 Å². The van der Waals surface area contributed by atoms with E-state index < -0.39 is 11.6 Å². The van der Waals surface area contributed by atoms with Gasteiger partial charge in [-0.2, -0.15) is 0 Å². The number of hydrogen-bond acceptors (Lipinski definition) is 5. The van der Waals surface area contributed by atoms with Crippen LogP contribution in [0, 0.1) is 22.9 Å². The number of nitrogens with one attached hydrogen (secondary N) is 3. The van der Waals surface area contributed by atoms with Gasteiger partial charge in [-0.05, 0) is 104 Å². The molecule has 8 heteroatoms. The lowest BCUT2D eigenvalue weighted by molar-refractivity contribution is 0.171. The Labute approximate surface area is 252 Å². The molecule has 4 rings (SSSR count). The maximum absolute atomic E-state index is 15.3. The van der Waals surface area contributed by atoms with Crippen LogP contribution >= 0.6 is 0 Å². The summed E-state index contributed by atoms with van der Waals surface area (Å²) in [7, 11) is 0. The van der Waals surface area contributed by atoms with Crippen LogP contribution in [0.1, 0.15) is 54.9 Å². The first-order valence-corrected chi connectivity index (χ1v) is 14.5. The van der Waals surface area contributed by atoms with E-state index in [1.165, 1.54) is 12.1 Å². The summed E-state index contributed by atoms with van der Waals surface area (Å²) in [5, 5.41) is 14.2. The summed E-state index contributed by atoms with van der Waals surface area (Å²) < 4.78 is 42.9. The lowest BCUT2D eigenvalue weighted by Gasteiger charge is -2.35. The van der Waals surface area contributed by atoms with Gasteiger partial charge in [-0.3, -0.25) is 0 Å². The quantitative estimate of drug-likeness (QED) is 0.129. The van der Waals surface area contributed by atoms with E-state index in [9.17, 15) is 8.78 Å². The van der Waals surface area contributed by atoms with Crippen LogP contribution in [0.4, 0.5) is 24.5 Å². The Morgan fingerprint density at radius 3 is 2.40 bits per heavy atom. The van der Waals surface area contributed by atoms with Crippen LogP contribution in [0.15, 0.2) is 84.7 Å². The van der Waals surface area contributed by atoms with Gasteiger partial charge in [-0.25, -0.2) is 13.2 Å². The molecule has 0 amide bonds. The third-order valence-corrected chi connectivity index (χ3v) is 8.06. The zero-order valence-electron chi connectivity index (χ0n) is 24.8. The van der Waals surface area contributed by atoms with Crippen molar-refractivity contribution in [3.63, 3.8) is 0 Å².